The van der Waals surface area contributed by atoms with Crippen molar-refractivity contribution in [1.82, 2.24) is 9.71 Å². The van der Waals surface area contributed by atoms with Crippen LogP contribution in [0.4, 0.5) is 0 Å². The molecule has 1 aromatic rings. The van der Waals surface area contributed by atoms with Crippen LogP contribution >= 0.6 is 0 Å². The predicted octanol–water partition coefficient (Wildman–Crippen LogP) is 0.456. The topological polar surface area (TPSA) is 91.4 Å². The molecule has 0 spiro atoms. The van der Waals surface area contributed by atoms with Gasteiger partial charge in [-0.25, -0.2) is 13.1 Å². The van der Waals surface area contributed by atoms with E-state index in [1.54, 1.807) is 0 Å². The Balaban J connectivity index is 2.86. The molecule has 0 saturated carbocycles. The van der Waals surface area contributed by atoms with Crippen LogP contribution in [0.25, 0.3) is 0 Å². The quantitative estimate of drug-likeness (QED) is 0.674. The number of sulfonamides is 1. The summed E-state index contributed by atoms with van der Waals surface area (Å²) in [7, 11) is -2.06. The molecule has 0 radical (unpaired) electrons. The SMILES string of the molecule is COCC(NS(=O)(=O)c1c[nH]c(CO)c1)C(C)C. The second-order valence-corrected chi connectivity index (χ2v) is 6.16. The van der Waals surface area contributed by atoms with Crippen molar-refractivity contribution >= 4 is 10.0 Å². The zero-order valence-corrected chi connectivity index (χ0v) is 11.6. The molecule has 0 aromatic carbocycles. The first kappa shape index (κ1) is 15.2. The van der Waals surface area contributed by atoms with Gasteiger partial charge in [0.05, 0.1) is 18.1 Å². The van der Waals surface area contributed by atoms with Crippen LogP contribution in [0.1, 0.15) is 19.5 Å². The van der Waals surface area contributed by atoms with E-state index in [2.05, 4.69) is 9.71 Å². The number of hydrogen-bond acceptors (Lipinski definition) is 4. The molecule has 18 heavy (non-hydrogen) atoms. The van der Waals surface area contributed by atoms with Crippen molar-refractivity contribution in [3.8, 4) is 0 Å². The third kappa shape index (κ3) is 3.81. The summed E-state index contributed by atoms with van der Waals surface area (Å²) in [5.74, 6) is 0.121. The van der Waals surface area contributed by atoms with Gasteiger partial charge in [-0.1, -0.05) is 13.8 Å². The van der Waals surface area contributed by atoms with E-state index in [1.165, 1.54) is 19.4 Å². The van der Waals surface area contributed by atoms with Gasteiger partial charge in [-0.15, -0.1) is 0 Å². The molecule has 6 nitrogen and oxygen atoms in total. The van der Waals surface area contributed by atoms with Gasteiger partial charge >= 0.3 is 0 Å². The number of hydrogen-bond donors (Lipinski definition) is 3. The van der Waals surface area contributed by atoms with Crippen molar-refractivity contribution in [2.24, 2.45) is 5.92 Å². The van der Waals surface area contributed by atoms with Gasteiger partial charge in [-0.2, -0.15) is 0 Å². The third-order valence-electron chi connectivity index (χ3n) is 2.65. The van der Waals surface area contributed by atoms with Crippen molar-refractivity contribution in [3.05, 3.63) is 18.0 Å². The van der Waals surface area contributed by atoms with Crippen LogP contribution in [0.2, 0.25) is 0 Å². The maximum atomic E-state index is 12.1. The van der Waals surface area contributed by atoms with Crippen LogP contribution in [0, 0.1) is 5.92 Å². The lowest BCUT2D eigenvalue weighted by atomic mass is 10.1. The molecule has 0 aliphatic carbocycles. The van der Waals surface area contributed by atoms with E-state index < -0.39 is 10.0 Å². The predicted molar refractivity (Wildman–Crippen MR) is 67.5 cm³/mol. The van der Waals surface area contributed by atoms with Crippen LogP contribution in [0.5, 0.6) is 0 Å². The Morgan fingerprint density at radius 1 is 1.50 bits per heavy atom. The first-order valence-electron chi connectivity index (χ1n) is 5.70. The van der Waals surface area contributed by atoms with Crippen molar-refractivity contribution < 1.29 is 18.3 Å². The normalized spacial score (nSPS) is 14.1. The zero-order chi connectivity index (χ0) is 13.8. The van der Waals surface area contributed by atoms with Gasteiger partial charge in [-0.05, 0) is 12.0 Å². The molecule has 0 bridgehead atoms. The monoisotopic (exact) mass is 276 g/mol. The summed E-state index contributed by atoms with van der Waals surface area (Å²) in [6.45, 7) is 3.93. The molecule has 0 fully saturated rings. The molecule has 7 heteroatoms. The van der Waals surface area contributed by atoms with Gasteiger partial charge in [0.2, 0.25) is 10.0 Å². The lowest BCUT2D eigenvalue weighted by Crippen LogP contribution is -2.41. The summed E-state index contributed by atoms with van der Waals surface area (Å²) < 4.78 is 31.8. The molecule has 0 saturated heterocycles. The molecule has 104 valence electrons. The zero-order valence-electron chi connectivity index (χ0n) is 10.8. The van der Waals surface area contributed by atoms with E-state index in [9.17, 15) is 8.42 Å². The first-order chi connectivity index (χ1) is 8.40. The second kappa shape index (κ2) is 6.33. The van der Waals surface area contributed by atoms with Crippen molar-refractivity contribution in [2.45, 2.75) is 31.4 Å². The summed E-state index contributed by atoms with van der Waals surface area (Å²) in [4.78, 5) is 2.81. The molecule has 0 amide bonds. The fraction of sp³-hybridized carbons (Fsp3) is 0.636. The number of ether oxygens (including phenoxy) is 1. The summed E-state index contributed by atoms with van der Waals surface area (Å²) >= 11 is 0. The number of nitrogens with one attached hydrogen (secondary N) is 2. The lowest BCUT2D eigenvalue weighted by Gasteiger charge is -2.20. The van der Waals surface area contributed by atoms with Crippen LogP contribution in [-0.4, -0.2) is 38.3 Å². The summed E-state index contributed by atoms with van der Waals surface area (Å²) in [5, 5.41) is 8.90. The van der Waals surface area contributed by atoms with E-state index in [0.717, 1.165) is 0 Å². The van der Waals surface area contributed by atoms with Gasteiger partial charge in [0.1, 0.15) is 0 Å². The molecule has 1 atom stereocenters. The standard InChI is InChI=1S/C11H20N2O4S/c1-8(2)11(7-17-3)13-18(15,16)10-4-9(6-14)12-5-10/h4-5,8,11-14H,6-7H2,1-3H3. The highest BCUT2D eigenvalue weighted by Gasteiger charge is 2.23. The maximum Gasteiger partial charge on any atom is 0.242 e. The fourth-order valence-corrected chi connectivity index (χ4v) is 2.86. The Labute approximate surface area is 107 Å². The molecule has 1 unspecified atom stereocenters. The molecule has 0 aliphatic heterocycles. The Hall–Kier alpha value is -0.890. The highest BCUT2D eigenvalue weighted by atomic mass is 32.2. The van der Waals surface area contributed by atoms with Crippen molar-refractivity contribution in [1.29, 1.82) is 0 Å². The van der Waals surface area contributed by atoms with E-state index in [0.29, 0.717) is 12.3 Å². The van der Waals surface area contributed by atoms with Crippen LogP contribution in [0.3, 0.4) is 0 Å². The van der Waals surface area contributed by atoms with Gasteiger partial charge in [-0.3, -0.25) is 0 Å². The van der Waals surface area contributed by atoms with Gasteiger partial charge in [0.15, 0.2) is 0 Å². The van der Waals surface area contributed by atoms with Crippen LogP contribution in [-0.2, 0) is 21.4 Å². The Morgan fingerprint density at radius 2 is 2.17 bits per heavy atom. The Bertz CT molecular complexity index is 467. The largest absolute Gasteiger partial charge is 0.390 e. The number of methoxy groups -OCH3 is 1. The van der Waals surface area contributed by atoms with E-state index in [-0.39, 0.29) is 23.5 Å². The molecular weight excluding hydrogens is 256 g/mol. The molecule has 0 aliphatic rings. The minimum atomic E-state index is -3.59. The minimum absolute atomic E-state index is 0.119. The van der Waals surface area contributed by atoms with Crippen LogP contribution in [0.15, 0.2) is 17.2 Å². The number of rotatable bonds is 7. The molecular formula is C11H20N2O4S. The van der Waals surface area contributed by atoms with Crippen molar-refractivity contribution in [2.75, 3.05) is 13.7 Å². The highest BCUT2D eigenvalue weighted by molar-refractivity contribution is 7.89. The molecule has 1 aromatic heterocycles. The minimum Gasteiger partial charge on any atom is -0.390 e. The maximum absolute atomic E-state index is 12.1. The van der Waals surface area contributed by atoms with Crippen LogP contribution < -0.4 is 4.72 Å². The summed E-state index contributed by atoms with van der Waals surface area (Å²) in [6, 6.07) is 1.12. The highest BCUT2D eigenvalue weighted by Crippen LogP contribution is 2.13. The average molecular weight is 276 g/mol. The van der Waals surface area contributed by atoms with E-state index in [4.69, 9.17) is 9.84 Å². The smallest absolute Gasteiger partial charge is 0.242 e. The number of aliphatic hydroxyl groups excluding tert-OH is 1. The third-order valence-corrected chi connectivity index (χ3v) is 4.12. The number of aromatic nitrogens is 1. The second-order valence-electron chi connectivity index (χ2n) is 4.45. The van der Waals surface area contributed by atoms with Gasteiger partial charge in [0, 0.05) is 25.0 Å². The summed E-state index contributed by atoms with van der Waals surface area (Å²) in [6.07, 6.45) is 1.36. The average Bonchev–Trinajstić information content (AvgIpc) is 2.77. The Morgan fingerprint density at radius 3 is 2.61 bits per heavy atom. The molecule has 1 rings (SSSR count). The van der Waals surface area contributed by atoms with E-state index in [1.807, 2.05) is 13.8 Å². The van der Waals surface area contributed by atoms with Gasteiger partial charge < -0.3 is 14.8 Å². The van der Waals surface area contributed by atoms with Crippen molar-refractivity contribution in [3.63, 3.8) is 0 Å². The van der Waals surface area contributed by atoms with Gasteiger partial charge in [0.25, 0.3) is 0 Å². The number of H-pyrrole nitrogens is 1. The Kier molecular flexibility index (Phi) is 5.33. The number of aromatic amines is 1. The number of aliphatic hydroxyl groups is 1. The van der Waals surface area contributed by atoms with E-state index >= 15 is 0 Å². The lowest BCUT2D eigenvalue weighted by molar-refractivity contribution is 0.157. The summed E-state index contributed by atoms with van der Waals surface area (Å²) in [5.41, 5.74) is 0.461. The molecule has 1 heterocycles. The molecule has 3 N–H and O–H groups in total. The first-order valence-corrected chi connectivity index (χ1v) is 7.18. The fourth-order valence-electron chi connectivity index (χ4n) is 1.47.